The Morgan fingerprint density at radius 1 is 1.22 bits per heavy atom. The van der Waals surface area contributed by atoms with E-state index in [-0.39, 0.29) is 0 Å². The third-order valence-electron chi connectivity index (χ3n) is 2.38. The van der Waals surface area contributed by atoms with Crippen LogP contribution in [-0.4, -0.2) is 11.1 Å². The van der Waals surface area contributed by atoms with E-state index in [1.807, 2.05) is 35.7 Å². The highest BCUT2D eigenvalue weighted by Crippen LogP contribution is 2.24. The fourth-order valence-corrected chi connectivity index (χ4v) is 3.47. The third kappa shape index (κ3) is 3.51. The van der Waals surface area contributed by atoms with Crippen LogP contribution in [-0.2, 0) is 11.5 Å². The fourth-order valence-electron chi connectivity index (χ4n) is 1.50. The van der Waals surface area contributed by atoms with Gasteiger partial charge >= 0.3 is 5.97 Å². The number of carboxylic acid groups (broad SMARTS) is 1. The zero-order valence-corrected chi connectivity index (χ0v) is 11.8. The van der Waals surface area contributed by atoms with Crippen LogP contribution in [0.2, 0.25) is 5.02 Å². The molecule has 2 rings (SSSR count). The van der Waals surface area contributed by atoms with Crippen molar-refractivity contribution in [1.82, 2.24) is 0 Å². The standard InChI is InChI=1S/C13H11ClO2S2/c14-11-3-1-9(2-4-11)7-17-8-10-5-6-18-12(10)13(15)16/h1-6H,7-8H2,(H,15,16). The van der Waals surface area contributed by atoms with Gasteiger partial charge in [-0.2, -0.15) is 11.8 Å². The lowest BCUT2D eigenvalue weighted by Gasteiger charge is -2.02. The molecule has 0 aliphatic rings. The molecule has 0 bridgehead atoms. The lowest BCUT2D eigenvalue weighted by atomic mass is 10.2. The van der Waals surface area contributed by atoms with E-state index in [2.05, 4.69) is 0 Å². The van der Waals surface area contributed by atoms with Crippen LogP contribution in [0.1, 0.15) is 20.8 Å². The van der Waals surface area contributed by atoms with E-state index in [0.29, 0.717) is 10.6 Å². The number of aromatic carboxylic acids is 1. The molecule has 0 atom stereocenters. The minimum absolute atomic E-state index is 0.443. The zero-order valence-electron chi connectivity index (χ0n) is 9.43. The summed E-state index contributed by atoms with van der Waals surface area (Å²) in [6.07, 6.45) is 0. The van der Waals surface area contributed by atoms with Gasteiger partial charge in [0, 0.05) is 16.5 Å². The van der Waals surface area contributed by atoms with Crippen molar-refractivity contribution in [2.45, 2.75) is 11.5 Å². The fraction of sp³-hybridized carbons (Fsp3) is 0.154. The molecule has 0 unspecified atom stereocenters. The average molecular weight is 299 g/mol. The van der Waals surface area contributed by atoms with Crippen molar-refractivity contribution in [3.8, 4) is 0 Å². The maximum atomic E-state index is 10.9. The molecule has 5 heteroatoms. The van der Waals surface area contributed by atoms with Gasteiger partial charge in [0.15, 0.2) is 0 Å². The summed E-state index contributed by atoms with van der Waals surface area (Å²) in [7, 11) is 0. The van der Waals surface area contributed by atoms with Crippen molar-refractivity contribution in [3.05, 3.63) is 56.7 Å². The van der Waals surface area contributed by atoms with E-state index >= 15 is 0 Å². The highest BCUT2D eigenvalue weighted by atomic mass is 35.5. The molecule has 0 spiro atoms. The van der Waals surface area contributed by atoms with Crippen LogP contribution in [0.25, 0.3) is 0 Å². The summed E-state index contributed by atoms with van der Waals surface area (Å²) in [6.45, 7) is 0. The smallest absolute Gasteiger partial charge is 0.346 e. The van der Waals surface area contributed by atoms with Gasteiger partial charge in [-0.05, 0) is 34.7 Å². The molecule has 0 amide bonds. The van der Waals surface area contributed by atoms with Gasteiger partial charge in [0.1, 0.15) is 4.88 Å². The Hall–Kier alpha value is -0.970. The van der Waals surface area contributed by atoms with E-state index in [1.54, 1.807) is 11.8 Å². The molecular formula is C13H11ClO2S2. The summed E-state index contributed by atoms with van der Waals surface area (Å²) in [4.78, 5) is 11.4. The van der Waals surface area contributed by atoms with Crippen LogP contribution in [0.3, 0.4) is 0 Å². The Labute approximate surface area is 119 Å². The van der Waals surface area contributed by atoms with Crippen molar-refractivity contribution in [2.75, 3.05) is 0 Å². The molecule has 0 aliphatic carbocycles. The Balaban J connectivity index is 1.90. The molecule has 1 N–H and O–H groups in total. The summed E-state index contributed by atoms with van der Waals surface area (Å²) in [6, 6.07) is 9.58. The summed E-state index contributed by atoms with van der Waals surface area (Å²) in [5.74, 6) is 0.729. The predicted molar refractivity (Wildman–Crippen MR) is 77.7 cm³/mol. The molecule has 0 fully saturated rings. The molecule has 0 saturated heterocycles. The first-order valence-electron chi connectivity index (χ1n) is 5.28. The first kappa shape index (κ1) is 13.5. The molecule has 0 radical (unpaired) electrons. The number of carboxylic acids is 1. The van der Waals surface area contributed by atoms with Gasteiger partial charge in [-0.3, -0.25) is 0 Å². The number of hydrogen-bond donors (Lipinski definition) is 1. The summed E-state index contributed by atoms with van der Waals surface area (Å²) < 4.78 is 0. The van der Waals surface area contributed by atoms with Gasteiger partial charge < -0.3 is 5.11 Å². The lowest BCUT2D eigenvalue weighted by molar-refractivity contribution is 0.0701. The highest BCUT2D eigenvalue weighted by molar-refractivity contribution is 7.97. The minimum atomic E-state index is -0.841. The largest absolute Gasteiger partial charge is 0.477 e. The summed E-state index contributed by atoms with van der Waals surface area (Å²) in [5, 5.41) is 11.5. The molecule has 18 heavy (non-hydrogen) atoms. The molecule has 1 aromatic heterocycles. The Morgan fingerprint density at radius 2 is 1.94 bits per heavy atom. The quantitative estimate of drug-likeness (QED) is 0.881. The van der Waals surface area contributed by atoms with Gasteiger partial charge in [-0.15, -0.1) is 11.3 Å². The zero-order chi connectivity index (χ0) is 13.0. The first-order valence-corrected chi connectivity index (χ1v) is 7.70. The van der Waals surface area contributed by atoms with Crippen LogP contribution >= 0.6 is 34.7 Å². The highest BCUT2D eigenvalue weighted by Gasteiger charge is 2.11. The summed E-state index contributed by atoms with van der Waals surface area (Å²) >= 11 is 8.79. The van der Waals surface area contributed by atoms with E-state index < -0.39 is 5.97 Å². The van der Waals surface area contributed by atoms with Crippen LogP contribution in [0.15, 0.2) is 35.7 Å². The second kappa shape index (κ2) is 6.27. The molecule has 1 heterocycles. The molecule has 2 aromatic rings. The van der Waals surface area contributed by atoms with Crippen molar-refractivity contribution in [2.24, 2.45) is 0 Å². The number of hydrogen-bond acceptors (Lipinski definition) is 3. The van der Waals surface area contributed by atoms with E-state index in [9.17, 15) is 4.79 Å². The van der Waals surface area contributed by atoms with Crippen LogP contribution in [0.4, 0.5) is 0 Å². The minimum Gasteiger partial charge on any atom is -0.477 e. The van der Waals surface area contributed by atoms with E-state index in [1.165, 1.54) is 16.9 Å². The number of benzene rings is 1. The van der Waals surface area contributed by atoms with Crippen LogP contribution < -0.4 is 0 Å². The average Bonchev–Trinajstić information content (AvgIpc) is 2.80. The van der Waals surface area contributed by atoms with Crippen LogP contribution in [0, 0.1) is 0 Å². The van der Waals surface area contributed by atoms with Gasteiger partial charge in [0.2, 0.25) is 0 Å². The molecular weight excluding hydrogens is 288 g/mol. The topological polar surface area (TPSA) is 37.3 Å². The second-order valence-corrected chi connectivity index (χ2v) is 6.04. The number of halogens is 1. The molecule has 94 valence electrons. The molecule has 1 aromatic carbocycles. The Bertz CT molecular complexity index is 534. The Morgan fingerprint density at radius 3 is 2.61 bits per heavy atom. The number of thiophene rings is 1. The monoisotopic (exact) mass is 298 g/mol. The second-order valence-electron chi connectivity index (χ2n) is 3.70. The van der Waals surface area contributed by atoms with Gasteiger partial charge in [-0.25, -0.2) is 4.79 Å². The van der Waals surface area contributed by atoms with Crippen molar-refractivity contribution >= 4 is 40.7 Å². The Kier molecular flexibility index (Phi) is 4.69. The van der Waals surface area contributed by atoms with Gasteiger partial charge in [-0.1, -0.05) is 23.7 Å². The number of rotatable bonds is 5. The maximum Gasteiger partial charge on any atom is 0.346 e. The van der Waals surface area contributed by atoms with Crippen LogP contribution in [0.5, 0.6) is 0 Å². The predicted octanol–water partition coefficient (Wildman–Crippen LogP) is 4.53. The lowest BCUT2D eigenvalue weighted by Crippen LogP contribution is -1.96. The van der Waals surface area contributed by atoms with Crippen molar-refractivity contribution in [3.63, 3.8) is 0 Å². The third-order valence-corrected chi connectivity index (χ3v) is 4.63. The first-order chi connectivity index (χ1) is 8.66. The van der Waals surface area contributed by atoms with Crippen molar-refractivity contribution in [1.29, 1.82) is 0 Å². The van der Waals surface area contributed by atoms with E-state index in [4.69, 9.17) is 16.7 Å². The SMILES string of the molecule is O=C(O)c1sccc1CSCc1ccc(Cl)cc1. The molecule has 0 saturated carbocycles. The van der Waals surface area contributed by atoms with E-state index in [0.717, 1.165) is 16.3 Å². The van der Waals surface area contributed by atoms with Gasteiger partial charge in [0.25, 0.3) is 0 Å². The van der Waals surface area contributed by atoms with Gasteiger partial charge in [0.05, 0.1) is 0 Å². The number of thioether (sulfide) groups is 1. The maximum absolute atomic E-state index is 10.9. The molecule has 2 nitrogen and oxygen atoms in total. The van der Waals surface area contributed by atoms with Crippen molar-refractivity contribution < 1.29 is 9.90 Å². The number of carbonyl (C=O) groups is 1. The normalized spacial score (nSPS) is 10.5. The molecule has 0 aliphatic heterocycles. The summed E-state index contributed by atoms with van der Waals surface area (Å²) in [5.41, 5.74) is 2.09.